The highest BCUT2D eigenvalue weighted by atomic mass is 16.2. The van der Waals surface area contributed by atoms with Gasteiger partial charge in [0, 0.05) is 31.0 Å². The molecule has 0 aliphatic heterocycles. The third-order valence-corrected chi connectivity index (χ3v) is 2.65. The molecule has 6 nitrogen and oxygen atoms in total. The number of carbonyl (C=O) groups excluding carboxylic acids is 1. The number of anilines is 1. The van der Waals surface area contributed by atoms with E-state index in [9.17, 15) is 9.59 Å². The second-order valence-corrected chi connectivity index (χ2v) is 4.19. The van der Waals surface area contributed by atoms with Crippen molar-refractivity contribution in [3.05, 3.63) is 59.0 Å². The number of benzene rings is 1. The van der Waals surface area contributed by atoms with Gasteiger partial charge in [0.1, 0.15) is 0 Å². The summed E-state index contributed by atoms with van der Waals surface area (Å²) in [6, 6.07) is 12.0. The Labute approximate surface area is 116 Å². The monoisotopic (exact) mass is 272 g/mol. The highest BCUT2D eigenvalue weighted by Gasteiger charge is 2.00. The van der Waals surface area contributed by atoms with Gasteiger partial charge < -0.3 is 10.6 Å². The number of aromatic nitrogens is 2. The molecule has 2 N–H and O–H groups in total. The maximum atomic E-state index is 11.6. The van der Waals surface area contributed by atoms with Crippen LogP contribution in [-0.2, 0) is 6.54 Å². The molecule has 1 aromatic heterocycles. The van der Waals surface area contributed by atoms with E-state index in [0.29, 0.717) is 19.5 Å². The number of urea groups is 1. The van der Waals surface area contributed by atoms with Gasteiger partial charge in [-0.2, -0.15) is 5.10 Å². The van der Waals surface area contributed by atoms with E-state index in [1.165, 1.54) is 10.7 Å². The van der Waals surface area contributed by atoms with Crippen molar-refractivity contribution in [3.8, 4) is 0 Å². The van der Waals surface area contributed by atoms with Crippen molar-refractivity contribution in [3.63, 3.8) is 0 Å². The number of hydrogen-bond donors (Lipinski definition) is 2. The van der Waals surface area contributed by atoms with Crippen LogP contribution in [0.3, 0.4) is 0 Å². The van der Waals surface area contributed by atoms with Gasteiger partial charge in [-0.25, -0.2) is 9.48 Å². The van der Waals surface area contributed by atoms with Crippen molar-refractivity contribution in [2.45, 2.75) is 13.0 Å². The first-order chi connectivity index (χ1) is 9.75. The molecule has 2 aromatic rings. The third-order valence-electron chi connectivity index (χ3n) is 2.65. The lowest BCUT2D eigenvalue weighted by atomic mass is 10.3. The van der Waals surface area contributed by atoms with Gasteiger partial charge in [-0.1, -0.05) is 18.2 Å². The van der Waals surface area contributed by atoms with Gasteiger partial charge in [-0.15, -0.1) is 0 Å². The van der Waals surface area contributed by atoms with E-state index in [4.69, 9.17) is 0 Å². The van der Waals surface area contributed by atoms with Crippen LogP contribution in [-0.4, -0.2) is 22.4 Å². The van der Waals surface area contributed by atoms with E-state index in [2.05, 4.69) is 15.7 Å². The molecule has 0 aliphatic carbocycles. The number of nitrogens with one attached hydrogen (secondary N) is 2. The average molecular weight is 272 g/mol. The Morgan fingerprint density at radius 2 is 1.95 bits per heavy atom. The highest BCUT2D eigenvalue weighted by molar-refractivity contribution is 5.89. The molecule has 0 radical (unpaired) electrons. The number of nitrogens with zero attached hydrogens (tertiary/aromatic N) is 2. The zero-order valence-corrected chi connectivity index (χ0v) is 11.0. The molecule has 0 fully saturated rings. The number of hydrogen-bond acceptors (Lipinski definition) is 3. The van der Waals surface area contributed by atoms with Crippen molar-refractivity contribution in [2.24, 2.45) is 0 Å². The van der Waals surface area contributed by atoms with Gasteiger partial charge in [-0.05, 0) is 24.6 Å². The van der Waals surface area contributed by atoms with Crippen molar-refractivity contribution in [1.29, 1.82) is 0 Å². The molecular weight excluding hydrogens is 256 g/mol. The number of para-hydroxylation sites is 1. The lowest BCUT2D eigenvalue weighted by Crippen LogP contribution is -2.31. The predicted octanol–water partition coefficient (Wildman–Crippen LogP) is 1.46. The first kappa shape index (κ1) is 13.8. The van der Waals surface area contributed by atoms with Crippen molar-refractivity contribution in [1.82, 2.24) is 15.1 Å². The molecule has 0 bridgehead atoms. The standard InChI is InChI=1S/C14H16N4O2/c19-13-8-4-10-16-18(13)11-5-9-15-14(20)17-12-6-2-1-3-7-12/h1-4,6-8,10H,5,9,11H2,(H2,15,17,20). The van der Waals surface area contributed by atoms with Crippen molar-refractivity contribution >= 4 is 11.7 Å². The van der Waals surface area contributed by atoms with Gasteiger partial charge in [0.25, 0.3) is 5.56 Å². The molecule has 2 rings (SSSR count). The lowest BCUT2D eigenvalue weighted by Gasteiger charge is -2.07. The molecule has 0 saturated heterocycles. The van der Waals surface area contributed by atoms with E-state index < -0.39 is 0 Å². The number of carbonyl (C=O) groups is 1. The largest absolute Gasteiger partial charge is 0.338 e. The molecule has 1 aromatic carbocycles. The van der Waals surface area contributed by atoms with Crippen molar-refractivity contribution in [2.75, 3.05) is 11.9 Å². The first-order valence-electron chi connectivity index (χ1n) is 6.38. The summed E-state index contributed by atoms with van der Waals surface area (Å²) in [5.74, 6) is 0. The minimum atomic E-state index is -0.260. The van der Waals surface area contributed by atoms with E-state index in [0.717, 1.165) is 5.69 Å². The van der Waals surface area contributed by atoms with Gasteiger partial charge in [0.2, 0.25) is 0 Å². The van der Waals surface area contributed by atoms with E-state index in [-0.39, 0.29) is 11.6 Å². The fourth-order valence-electron chi connectivity index (χ4n) is 1.68. The molecular formula is C14H16N4O2. The molecule has 20 heavy (non-hydrogen) atoms. The Morgan fingerprint density at radius 3 is 2.70 bits per heavy atom. The maximum absolute atomic E-state index is 11.6. The minimum Gasteiger partial charge on any atom is -0.338 e. The van der Waals surface area contributed by atoms with Crippen LogP contribution in [0.5, 0.6) is 0 Å². The van der Waals surface area contributed by atoms with Gasteiger partial charge >= 0.3 is 6.03 Å². The summed E-state index contributed by atoms with van der Waals surface area (Å²) >= 11 is 0. The van der Waals surface area contributed by atoms with Crippen molar-refractivity contribution < 1.29 is 4.79 Å². The summed E-state index contributed by atoms with van der Waals surface area (Å²) in [4.78, 5) is 23.0. The Hall–Kier alpha value is -2.63. The number of aryl methyl sites for hydroxylation is 1. The topological polar surface area (TPSA) is 76.0 Å². The molecule has 6 heteroatoms. The normalized spacial score (nSPS) is 10.0. The zero-order chi connectivity index (χ0) is 14.2. The highest BCUT2D eigenvalue weighted by Crippen LogP contribution is 2.03. The summed E-state index contributed by atoms with van der Waals surface area (Å²) in [6.07, 6.45) is 2.20. The molecule has 104 valence electrons. The average Bonchev–Trinajstić information content (AvgIpc) is 2.46. The lowest BCUT2D eigenvalue weighted by molar-refractivity contribution is 0.251. The Morgan fingerprint density at radius 1 is 1.15 bits per heavy atom. The van der Waals surface area contributed by atoms with Gasteiger partial charge in [0.15, 0.2) is 0 Å². The maximum Gasteiger partial charge on any atom is 0.319 e. The number of rotatable bonds is 5. The SMILES string of the molecule is O=C(NCCCn1ncccc1=O)Nc1ccccc1. The van der Waals surface area contributed by atoms with Crippen LogP contribution in [0.1, 0.15) is 6.42 Å². The van der Waals surface area contributed by atoms with Crippen LogP contribution in [0.2, 0.25) is 0 Å². The summed E-state index contributed by atoms with van der Waals surface area (Å²) in [6.45, 7) is 0.951. The second-order valence-electron chi connectivity index (χ2n) is 4.19. The summed E-state index contributed by atoms with van der Waals surface area (Å²) in [5.41, 5.74) is 0.604. The fraction of sp³-hybridized carbons (Fsp3) is 0.214. The van der Waals surface area contributed by atoms with Crippen LogP contribution in [0.4, 0.5) is 10.5 Å². The summed E-state index contributed by atoms with van der Waals surface area (Å²) in [5, 5.41) is 9.38. The molecule has 0 unspecified atom stereocenters. The summed E-state index contributed by atoms with van der Waals surface area (Å²) in [7, 11) is 0. The smallest absolute Gasteiger partial charge is 0.319 e. The Bertz CT molecular complexity index is 610. The molecule has 2 amide bonds. The Balaban J connectivity index is 1.70. The predicted molar refractivity (Wildman–Crippen MR) is 76.6 cm³/mol. The second kappa shape index (κ2) is 7.08. The van der Waals surface area contributed by atoms with Crippen LogP contribution in [0, 0.1) is 0 Å². The zero-order valence-electron chi connectivity index (χ0n) is 11.0. The molecule has 0 saturated carbocycles. The molecule has 0 spiro atoms. The minimum absolute atomic E-state index is 0.138. The quantitative estimate of drug-likeness (QED) is 0.809. The third kappa shape index (κ3) is 4.24. The Kier molecular flexibility index (Phi) is 4.88. The van der Waals surface area contributed by atoms with Crippen LogP contribution < -0.4 is 16.2 Å². The van der Waals surface area contributed by atoms with E-state index >= 15 is 0 Å². The van der Waals surface area contributed by atoms with Crippen LogP contribution in [0.15, 0.2) is 53.5 Å². The molecule has 0 atom stereocenters. The van der Waals surface area contributed by atoms with Gasteiger partial charge in [0.05, 0.1) is 0 Å². The molecule has 1 heterocycles. The summed E-state index contributed by atoms with van der Waals surface area (Å²) < 4.78 is 1.37. The van der Waals surface area contributed by atoms with Crippen LogP contribution in [0.25, 0.3) is 0 Å². The van der Waals surface area contributed by atoms with Crippen LogP contribution >= 0.6 is 0 Å². The fourth-order valence-corrected chi connectivity index (χ4v) is 1.68. The van der Waals surface area contributed by atoms with E-state index in [1.807, 2.05) is 30.3 Å². The van der Waals surface area contributed by atoms with E-state index in [1.54, 1.807) is 12.3 Å². The van der Waals surface area contributed by atoms with Gasteiger partial charge in [-0.3, -0.25) is 4.79 Å². The molecule has 0 aliphatic rings. The number of amides is 2. The first-order valence-corrected chi connectivity index (χ1v) is 6.38.